The molecular formula is C18H20N2O5S. The van der Waals surface area contributed by atoms with E-state index in [0.717, 1.165) is 11.3 Å². The first-order valence-electron chi connectivity index (χ1n) is 8.03. The van der Waals surface area contributed by atoms with Gasteiger partial charge in [0.15, 0.2) is 0 Å². The predicted molar refractivity (Wildman–Crippen MR) is 98.2 cm³/mol. The Labute approximate surface area is 152 Å². The van der Waals surface area contributed by atoms with Gasteiger partial charge in [0.2, 0.25) is 0 Å². The number of hydrogen-bond acceptors (Lipinski definition) is 5. The molecule has 2 aromatic rings. The zero-order chi connectivity index (χ0) is 18.7. The number of carbonyl (C=O) groups excluding carboxylic acids is 1. The van der Waals surface area contributed by atoms with Crippen LogP contribution in [0.2, 0.25) is 0 Å². The van der Waals surface area contributed by atoms with E-state index >= 15 is 0 Å². The monoisotopic (exact) mass is 376 g/mol. The van der Waals surface area contributed by atoms with Gasteiger partial charge in [-0.05, 0) is 42.3 Å². The van der Waals surface area contributed by atoms with Crippen molar-refractivity contribution in [2.75, 3.05) is 37.0 Å². The molecule has 138 valence electrons. The van der Waals surface area contributed by atoms with Crippen LogP contribution in [0.4, 0.5) is 11.4 Å². The van der Waals surface area contributed by atoms with Crippen molar-refractivity contribution in [2.45, 2.75) is 11.3 Å². The van der Waals surface area contributed by atoms with Gasteiger partial charge in [-0.25, -0.2) is 8.42 Å². The Hall–Kier alpha value is -2.58. The molecule has 1 amide bonds. The summed E-state index contributed by atoms with van der Waals surface area (Å²) in [5.74, 6) is 0.352. The molecule has 8 heteroatoms. The standard InChI is InChI=1S/C18H20N2O5S/c1-24-12-18(21)20-9-8-13-10-14(6-7-17(13)20)19-26(22,23)16-5-3-4-15(11-16)25-2/h3-7,10-11,19H,8-9,12H2,1-2H3. The topological polar surface area (TPSA) is 84.9 Å². The second-order valence-electron chi connectivity index (χ2n) is 5.86. The third-order valence-corrected chi connectivity index (χ3v) is 5.53. The fourth-order valence-electron chi connectivity index (χ4n) is 2.91. The van der Waals surface area contributed by atoms with Crippen molar-refractivity contribution in [1.82, 2.24) is 0 Å². The molecule has 0 unspecified atom stereocenters. The number of benzene rings is 2. The smallest absolute Gasteiger partial charge is 0.262 e. The highest BCUT2D eigenvalue weighted by atomic mass is 32.2. The Morgan fingerprint density at radius 1 is 1.19 bits per heavy atom. The molecule has 26 heavy (non-hydrogen) atoms. The molecule has 3 rings (SSSR count). The van der Waals surface area contributed by atoms with E-state index in [1.807, 2.05) is 0 Å². The zero-order valence-corrected chi connectivity index (χ0v) is 15.4. The Bertz CT molecular complexity index is 927. The fourth-order valence-corrected chi connectivity index (χ4v) is 3.99. The lowest BCUT2D eigenvalue weighted by Crippen LogP contribution is -2.31. The van der Waals surface area contributed by atoms with Gasteiger partial charge in [0.25, 0.3) is 15.9 Å². The third kappa shape index (κ3) is 3.66. The van der Waals surface area contributed by atoms with Crippen LogP contribution in [0.3, 0.4) is 0 Å². The summed E-state index contributed by atoms with van der Waals surface area (Å²) in [6.07, 6.45) is 0.666. The first-order chi connectivity index (χ1) is 12.4. The van der Waals surface area contributed by atoms with Crippen molar-refractivity contribution < 1.29 is 22.7 Å². The maximum Gasteiger partial charge on any atom is 0.262 e. The van der Waals surface area contributed by atoms with Crippen LogP contribution in [0.5, 0.6) is 5.75 Å². The van der Waals surface area contributed by atoms with Gasteiger partial charge in [0.1, 0.15) is 12.4 Å². The van der Waals surface area contributed by atoms with Crippen molar-refractivity contribution in [3.05, 3.63) is 48.0 Å². The van der Waals surface area contributed by atoms with Gasteiger partial charge >= 0.3 is 0 Å². The van der Waals surface area contributed by atoms with Gasteiger partial charge in [-0.1, -0.05) is 6.07 Å². The molecule has 0 saturated heterocycles. The van der Waals surface area contributed by atoms with E-state index in [4.69, 9.17) is 9.47 Å². The van der Waals surface area contributed by atoms with Gasteiger partial charge in [-0.15, -0.1) is 0 Å². The summed E-state index contributed by atoms with van der Waals surface area (Å²) in [6, 6.07) is 11.4. The summed E-state index contributed by atoms with van der Waals surface area (Å²) >= 11 is 0. The molecule has 0 spiro atoms. The number of anilines is 2. The lowest BCUT2D eigenvalue weighted by molar-refractivity contribution is -0.122. The molecule has 0 fully saturated rings. The maximum atomic E-state index is 12.6. The average molecular weight is 376 g/mol. The van der Waals surface area contributed by atoms with Crippen LogP contribution < -0.4 is 14.4 Å². The molecule has 0 saturated carbocycles. The predicted octanol–water partition coefficient (Wildman–Crippen LogP) is 2.03. The highest BCUT2D eigenvalue weighted by molar-refractivity contribution is 7.92. The van der Waals surface area contributed by atoms with Gasteiger partial charge in [-0.3, -0.25) is 9.52 Å². The molecule has 1 aliphatic rings. The highest BCUT2D eigenvalue weighted by Crippen LogP contribution is 2.31. The van der Waals surface area contributed by atoms with E-state index in [0.29, 0.717) is 24.4 Å². The molecule has 0 aromatic heterocycles. The summed E-state index contributed by atoms with van der Waals surface area (Å²) in [4.78, 5) is 13.8. The molecule has 0 radical (unpaired) electrons. The van der Waals surface area contributed by atoms with E-state index in [-0.39, 0.29) is 17.4 Å². The molecule has 0 atom stereocenters. The minimum absolute atomic E-state index is 0.0175. The number of amides is 1. The number of ether oxygens (including phenoxy) is 2. The number of carbonyl (C=O) groups is 1. The summed E-state index contributed by atoms with van der Waals surface area (Å²) in [5.41, 5.74) is 2.16. The van der Waals surface area contributed by atoms with Crippen LogP contribution in [0, 0.1) is 0 Å². The summed E-state index contributed by atoms with van der Waals surface area (Å²) in [7, 11) is -0.772. The summed E-state index contributed by atoms with van der Waals surface area (Å²) in [6.45, 7) is 0.577. The van der Waals surface area contributed by atoms with E-state index < -0.39 is 10.0 Å². The van der Waals surface area contributed by atoms with Gasteiger partial charge in [0, 0.05) is 31.1 Å². The van der Waals surface area contributed by atoms with Crippen molar-refractivity contribution >= 4 is 27.3 Å². The number of nitrogens with one attached hydrogen (secondary N) is 1. The Kier molecular flexibility index (Phi) is 5.15. The van der Waals surface area contributed by atoms with E-state index in [1.165, 1.54) is 26.4 Å². The molecule has 1 aliphatic heterocycles. The van der Waals surface area contributed by atoms with Gasteiger partial charge in [-0.2, -0.15) is 0 Å². The van der Waals surface area contributed by atoms with Crippen LogP contribution in [0.1, 0.15) is 5.56 Å². The van der Waals surface area contributed by atoms with Crippen LogP contribution >= 0.6 is 0 Å². The summed E-state index contributed by atoms with van der Waals surface area (Å²) < 4.78 is 37.7. The number of rotatable bonds is 6. The molecule has 1 N–H and O–H groups in total. The number of hydrogen-bond donors (Lipinski definition) is 1. The number of sulfonamides is 1. The van der Waals surface area contributed by atoms with E-state index in [9.17, 15) is 13.2 Å². The number of methoxy groups -OCH3 is 2. The largest absolute Gasteiger partial charge is 0.497 e. The quantitative estimate of drug-likeness (QED) is 0.834. The van der Waals surface area contributed by atoms with Crippen molar-refractivity contribution in [1.29, 1.82) is 0 Å². The van der Waals surface area contributed by atoms with E-state index in [1.54, 1.807) is 35.2 Å². The zero-order valence-electron chi connectivity index (χ0n) is 14.6. The van der Waals surface area contributed by atoms with Crippen LogP contribution in [-0.4, -0.2) is 41.7 Å². The first-order valence-corrected chi connectivity index (χ1v) is 9.52. The van der Waals surface area contributed by atoms with Crippen molar-refractivity contribution in [3.8, 4) is 5.75 Å². The normalized spacial score (nSPS) is 13.4. The molecule has 0 bridgehead atoms. The van der Waals surface area contributed by atoms with Crippen LogP contribution in [-0.2, 0) is 26.0 Å². The molecule has 7 nitrogen and oxygen atoms in total. The van der Waals surface area contributed by atoms with Crippen molar-refractivity contribution in [2.24, 2.45) is 0 Å². The molecule has 0 aliphatic carbocycles. The number of nitrogens with zero attached hydrogens (tertiary/aromatic N) is 1. The Morgan fingerprint density at radius 2 is 2.00 bits per heavy atom. The Balaban J connectivity index is 1.82. The average Bonchev–Trinajstić information content (AvgIpc) is 3.05. The van der Waals surface area contributed by atoms with Gasteiger partial charge in [0.05, 0.1) is 12.0 Å². The molecule has 2 aromatic carbocycles. The summed E-state index contributed by atoms with van der Waals surface area (Å²) in [5, 5.41) is 0. The third-order valence-electron chi connectivity index (χ3n) is 4.15. The first kappa shape index (κ1) is 18.2. The highest BCUT2D eigenvalue weighted by Gasteiger charge is 2.25. The second-order valence-corrected chi connectivity index (χ2v) is 7.54. The van der Waals surface area contributed by atoms with E-state index in [2.05, 4.69) is 4.72 Å². The fraction of sp³-hybridized carbons (Fsp3) is 0.278. The van der Waals surface area contributed by atoms with Crippen LogP contribution in [0.15, 0.2) is 47.4 Å². The SMILES string of the molecule is COCC(=O)N1CCc2cc(NS(=O)(=O)c3cccc(OC)c3)ccc21. The maximum absolute atomic E-state index is 12.6. The second kappa shape index (κ2) is 7.35. The van der Waals surface area contributed by atoms with Crippen LogP contribution in [0.25, 0.3) is 0 Å². The number of fused-ring (bicyclic) bond motifs is 1. The van der Waals surface area contributed by atoms with Gasteiger partial charge < -0.3 is 14.4 Å². The minimum Gasteiger partial charge on any atom is -0.497 e. The molecule has 1 heterocycles. The lowest BCUT2D eigenvalue weighted by Gasteiger charge is -2.17. The Morgan fingerprint density at radius 3 is 2.73 bits per heavy atom. The van der Waals surface area contributed by atoms with Crippen molar-refractivity contribution in [3.63, 3.8) is 0 Å². The minimum atomic E-state index is -3.73. The lowest BCUT2D eigenvalue weighted by atomic mass is 10.1. The molecular weight excluding hydrogens is 356 g/mol.